The van der Waals surface area contributed by atoms with Crippen LogP contribution in [-0.4, -0.2) is 37.2 Å². The summed E-state index contributed by atoms with van der Waals surface area (Å²) in [7, 11) is 0. The fourth-order valence-electron chi connectivity index (χ4n) is 9.26. The minimum Gasteiger partial charge on any atom is -0.462 e. The van der Waals surface area contributed by atoms with Gasteiger partial charge in [-0.1, -0.05) is 301 Å². The fraction of sp³-hybridized carbons (Fsp3) is 0.649. The second kappa shape index (κ2) is 69.8. The van der Waals surface area contributed by atoms with E-state index in [1.54, 1.807) is 0 Å². The molecule has 0 N–H and O–H groups in total. The van der Waals surface area contributed by atoms with Gasteiger partial charge in [-0.15, -0.1) is 0 Å². The van der Waals surface area contributed by atoms with Gasteiger partial charge in [0, 0.05) is 19.3 Å². The Morgan fingerprint density at radius 2 is 0.494 bits per heavy atom. The van der Waals surface area contributed by atoms with Crippen LogP contribution in [0, 0.1) is 0 Å². The van der Waals surface area contributed by atoms with Gasteiger partial charge in [0.25, 0.3) is 0 Å². The Morgan fingerprint density at radius 1 is 0.253 bits per heavy atom. The smallest absolute Gasteiger partial charge is 0.306 e. The molecule has 470 valence electrons. The maximum Gasteiger partial charge on any atom is 0.306 e. The third-order valence-electron chi connectivity index (χ3n) is 14.3. The number of carbonyl (C=O) groups is 3. The minimum absolute atomic E-state index is 0.110. The summed E-state index contributed by atoms with van der Waals surface area (Å²) in [5.41, 5.74) is 0. The highest BCUT2D eigenvalue weighted by atomic mass is 16.6. The van der Waals surface area contributed by atoms with Crippen LogP contribution in [-0.2, 0) is 28.6 Å². The third-order valence-corrected chi connectivity index (χ3v) is 14.3. The third kappa shape index (κ3) is 68.0. The summed E-state index contributed by atoms with van der Waals surface area (Å²) in [5, 5.41) is 0. The zero-order valence-electron chi connectivity index (χ0n) is 53.9. The molecule has 1 atom stereocenters. The monoisotopic (exact) mass is 1150 g/mol. The Balaban J connectivity index is 4.37. The van der Waals surface area contributed by atoms with E-state index in [4.69, 9.17) is 14.2 Å². The molecule has 0 aliphatic carbocycles. The van der Waals surface area contributed by atoms with Crippen molar-refractivity contribution in [1.82, 2.24) is 0 Å². The highest BCUT2D eigenvalue weighted by Gasteiger charge is 2.19. The molecule has 0 saturated heterocycles. The summed E-state index contributed by atoms with van der Waals surface area (Å²) in [4.78, 5) is 38.3. The molecule has 0 aromatic carbocycles. The molecular weight excluding hydrogens is 1020 g/mol. The van der Waals surface area contributed by atoms with Crippen LogP contribution in [0.1, 0.15) is 303 Å². The number of rotatable bonds is 61. The van der Waals surface area contributed by atoms with Crippen molar-refractivity contribution < 1.29 is 28.6 Å². The quantitative estimate of drug-likeness (QED) is 0.0261. The van der Waals surface area contributed by atoms with Crippen LogP contribution >= 0.6 is 0 Å². The zero-order valence-corrected chi connectivity index (χ0v) is 53.9. The molecule has 0 aliphatic rings. The van der Waals surface area contributed by atoms with E-state index in [-0.39, 0.29) is 37.5 Å². The zero-order chi connectivity index (χ0) is 59.9. The van der Waals surface area contributed by atoms with Gasteiger partial charge in [-0.05, 0) is 128 Å². The SMILES string of the molecule is CC/C=C\C/C=C\C/C=C\C/C=C\C/C=C\C/C=C\CCCCCCCCC(=O)OC(COC(=O)CC/C=C\C/C=C\C/C=C\C/C=C\CC)COC(=O)CCCCCCCCCCCCCCCCC/C=C\C/C=C\CCCCCCC. The molecule has 83 heavy (non-hydrogen) atoms. The molecule has 0 bridgehead atoms. The maximum absolute atomic E-state index is 12.9. The normalized spacial score (nSPS) is 13.0. The number of esters is 3. The molecular formula is C77H126O6. The van der Waals surface area contributed by atoms with Crippen molar-refractivity contribution in [3.8, 4) is 0 Å². The molecule has 6 heteroatoms. The van der Waals surface area contributed by atoms with Gasteiger partial charge in [0.2, 0.25) is 0 Å². The van der Waals surface area contributed by atoms with Gasteiger partial charge in [0.05, 0.1) is 0 Å². The van der Waals surface area contributed by atoms with Crippen molar-refractivity contribution in [1.29, 1.82) is 0 Å². The first-order chi connectivity index (χ1) is 41.0. The standard InChI is InChI=1S/C77H126O6/c1-4-7-10-13-16-19-22-25-27-29-31-33-35-37-38-40-41-43-45-47-49-52-55-58-61-64-67-70-76(79)82-73-74(72-81-75(78)69-66-63-60-57-54-51-24-21-18-15-12-9-6-3)83-77(80)71-68-65-62-59-56-53-50-48-46-44-42-39-36-34-32-30-28-26-23-20-17-14-11-8-5-2/h8-9,11-12,17-18,20-22,25-26,28-29,31-32,34,39,42,46,48,51,54,60,63,74H,4-7,10,13-16,19,23-24,27,30,33,35-38,40-41,43-45,47,49-50,52-53,55-59,61-62,64-73H2,1-3H3/b11-8-,12-9-,20-17-,21-18-,25-22-,28-26-,31-29-,34-32-,42-39-,48-46-,54-51-,63-60-. The highest BCUT2D eigenvalue weighted by molar-refractivity contribution is 5.71. The number of allylic oxidation sites excluding steroid dienone is 24. The van der Waals surface area contributed by atoms with E-state index in [9.17, 15) is 14.4 Å². The van der Waals surface area contributed by atoms with E-state index in [0.29, 0.717) is 19.3 Å². The van der Waals surface area contributed by atoms with E-state index < -0.39 is 6.10 Å². The van der Waals surface area contributed by atoms with Gasteiger partial charge in [0.15, 0.2) is 6.10 Å². The molecule has 0 aromatic heterocycles. The number of ether oxygens (including phenoxy) is 3. The lowest BCUT2D eigenvalue weighted by Crippen LogP contribution is -2.30. The molecule has 0 heterocycles. The summed E-state index contributed by atoms with van der Waals surface area (Å²) in [6, 6.07) is 0. The molecule has 0 fully saturated rings. The van der Waals surface area contributed by atoms with Crippen LogP contribution in [0.5, 0.6) is 0 Å². The van der Waals surface area contributed by atoms with E-state index in [1.807, 2.05) is 6.08 Å². The van der Waals surface area contributed by atoms with Crippen LogP contribution in [0.2, 0.25) is 0 Å². The lowest BCUT2D eigenvalue weighted by atomic mass is 10.0. The summed E-state index contributed by atoms with van der Waals surface area (Å²) >= 11 is 0. The molecule has 0 radical (unpaired) electrons. The largest absolute Gasteiger partial charge is 0.462 e. The first-order valence-electron chi connectivity index (χ1n) is 34.3. The second-order valence-electron chi connectivity index (χ2n) is 22.3. The first-order valence-corrected chi connectivity index (χ1v) is 34.3. The Kier molecular flexibility index (Phi) is 65.8. The Morgan fingerprint density at radius 3 is 0.807 bits per heavy atom. The summed E-state index contributed by atoms with van der Waals surface area (Å²) < 4.78 is 16.9. The first kappa shape index (κ1) is 78.3. The fourth-order valence-corrected chi connectivity index (χ4v) is 9.26. The van der Waals surface area contributed by atoms with Crippen LogP contribution < -0.4 is 0 Å². The predicted molar refractivity (Wildman–Crippen MR) is 362 cm³/mol. The molecule has 0 aliphatic heterocycles. The Labute approximate surface area is 512 Å². The van der Waals surface area contributed by atoms with Crippen molar-refractivity contribution in [2.75, 3.05) is 13.2 Å². The average Bonchev–Trinajstić information content (AvgIpc) is 3.49. The lowest BCUT2D eigenvalue weighted by molar-refractivity contribution is -0.166. The summed E-state index contributed by atoms with van der Waals surface area (Å²) in [6.07, 6.45) is 100. The van der Waals surface area contributed by atoms with E-state index in [2.05, 4.69) is 161 Å². The summed E-state index contributed by atoms with van der Waals surface area (Å²) in [6.45, 7) is 6.34. The van der Waals surface area contributed by atoms with Gasteiger partial charge < -0.3 is 14.2 Å². The number of carbonyl (C=O) groups excluding carboxylic acids is 3. The van der Waals surface area contributed by atoms with Crippen LogP contribution in [0.3, 0.4) is 0 Å². The second-order valence-corrected chi connectivity index (χ2v) is 22.3. The molecule has 0 aromatic rings. The highest BCUT2D eigenvalue weighted by Crippen LogP contribution is 2.16. The Hall–Kier alpha value is -4.71. The predicted octanol–water partition coefficient (Wildman–Crippen LogP) is 23.9. The molecule has 0 saturated carbocycles. The van der Waals surface area contributed by atoms with Gasteiger partial charge in [0.1, 0.15) is 13.2 Å². The van der Waals surface area contributed by atoms with Gasteiger partial charge in [-0.2, -0.15) is 0 Å². The van der Waals surface area contributed by atoms with Crippen molar-refractivity contribution in [2.45, 2.75) is 309 Å². The van der Waals surface area contributed by atoms with Crippen LogP contribution in [0.4, 0.5) is 0 Å². The van der Waals surface area contributed by atoms with Crippen molar-refractivity contribution in [3.05, 3.63) is 146 Å². The van der Waals surface area contributed by atoms with E-state index in [0.717, 1.165) is 122 Å². The molecule has 0 rings (SSSR count). The number of hydrogen-bond donors (Lipinski definition) is 0. The number of unbranched alkanes of at least 4 members (excludes halogenated alkanes) is 26. The van der Waals surface area contributed by atoms with E-state index in [1.165, 1.54) is 135 Å². The van der Waals surface area contributed by atoms with Crippen molar-refractivity contribution in [3.63, 3.8) is 0 Å². The average molecular weight is 1150 g/mol. The van der Waals surface area contributed by atoms with Crippen LogP contribution in [0.25, 0.3) is 0 Å². The summed E-state index contributed by atoms with van der Waals surface area (Å²) in [5.74, 6) is -1.01. The van der Waals surface area contributed by atoms with Crippen LogP contribution in [0.15, 0.2) is 146 Å². The maximum atomic E-state index is 12.9. The molecule has 6 nitrogen and oxygen atoms in total. The van der Waals surface area contributed by atoms with E-state index >= 15 is 0 Å². The molecule has 0 amide bonds. The Bertz CT molecular complexity index is 1800. The lowest BCUT2D eigenvalue weighted by Gasteiger charge is -2.18. The van der Waals surface area contributed by atoms with Crippen molar-refractivity contribution >= 4 is 17.9 Å². The number of hydrogen-bond acceptors (Lipinski definition) is 6. The van der Waals surface area contributed by atoms with Crippen molar-refractivity contribution in [2.24, 2.45) is 0 Å². The van der Waals surface area contributed by atoms with Gasteiger partial charge >= 0.3 is 17.9 Å². The topological polar surface area (TPSA) is 78.9 Å². The minimum atomic E-state index is -0.822. The molecule has 1 unspecified atom stereocenters. The molecule has 0 spiro atoms. The van der Waals surface area contributed by atoms with Gasteiger partial charge in [-0.3, -0.25) is 14.4 Å². The van der Waals surface area contributed by atoms with Gasteiger partial charge in [-0.25, -0.2) is 0 Å².